The first-order chi connectivity index (χ1) is 12.6. The average molecular weight is 350 g/mol. The van der Waals surface area contributed by atoms with E-state index in [1.54, 1.807) is 29.2 Å². The highest BCUT2D eigenvalue weighted by Gasteiger charge is 2.30. The number of anilines is 2. The number of benzene rings is 2. The molecular weight excluding hydrogens is 328 g/mol. The Morgan fingerprint density at radius 1 is 0.962 bits per heavy atom. The standard InChI is InChI=1S/C21H22N2O3/c1-2-3-15-22(17-7-5-4-6-8-17)21(26)16-9-11-18(12-10-16)23-19(24)13-14-20(23)25/h4-12H,2-3,13-15H2,1H3. The van der Waals surface area contributed by atoms with Crippen molar-refractivity contribution >= 4 is 29.1 Å². The van der Waals surface area contributed by atoms with Crippen LogP contribution in [0, 0.1) is 0 Å². The van der Waals surface area contributed by atoms with Gasteiger partial charge >= 0.3 is 0 Å². The van der Waals surface area contributed by atoms with Gasteiger partial charge in [0.15, 0.2) is 0 Å². The number of hydrogen-bond donors (Lipinski definition) is 0. The molecule has 0 atom stereocenters. The van der Waals surface area contributed by atoms with Crippen LogP contribution >= 0.6 is 0 Å². The number of carbonyl (C=O) groups excluding carboxylic acids is 3. The van der Waals surface area contributed by atoms with Crippen molar-refractivity contribution in [2.75, 3.05) is 16.3 Å². The maximum absolute atomic E-state index is 13.0. The maximum atomic E-state index is 13.0. The summed E-state index contributed by atoms with van der Waals surface area (Å²) in [5.41, 5.74) is 1.92. The van der Waals surface area contributed by atoms with Crippen molar-refractivity contribution in [1.29, 1.82) is 0 Å². The van der Waals surface area contributed by atoms with E-state index in [1.807, 2.05) is 30.3 Å². The minimum atomic E-state index is -0.192. The number of rotatable bonds is 6. The SMILES string of the molecule is CCCCN(C(=O)c1ccc(N2C(=O)CCC2=O)cc1)c1ccccc1. The summed E-state index contributed by atoms with van der Waals surface area (Å²) >= 11 is 0. The zero-order valence-electron chi connectivity index (χ0n) is 14.9. The Morgan fingerprint density at radius 3 is 2.15 bits per heavy atom. The summed E-state index contributed by atoms with van der Waals surface area (Å²) in [6, 6.07) is 16.3. The number of para-hydroxylation sites is 1. The number of unbranched alkanes of at least 4 members (excludes halogenated alkanes) is 1. The van der Waals surface area contributed by atoms with Gasteiger partial charge in [0, 0.05) is 30.6 Å². The average Bonchev–Trinajstić information content (AvgIpc) is 3.01. The Morgan fingerprint density at radius 2 is 1.58 bits per heavy atom. The third-order valence-corrected chi connectivity index (χ3v) is 4.47. The normalized spacial score (nSPS) is 14.0. The fourth-order valence-corrected chi connectivity index (χ4v) is 3.05. The molecule has 0 N–H and O–H groups in total. The van der Waals surface area contributed by atoms with Gasteiger partial charge in [-0.25, -0.2) is 0 Å². The quantitative estimate of drug-likeness (QED) is 0.745. The summed E-state index contributed by atoms with van der Waals surface area (Å²) in [6.07, 6.45) is 2.40. The van der Waals surface area contributed by atoms with Gasteiger partial charge in [0.05, 0.1) is 5.69 Å². The van der Waals surface area contributed by atoms with Crippen molar-refractivity contribution in [1.82, 2.24) is 0 Å². The lowest BCUT2D eigenvalue weighted by Crippen LogP contribution is -2.32. The van der Waals surface area contributed by atoms with Gasteiger partial charge in [-0.15, -0.1) is 0 Å². The van der Waals surface area contributed by atoms with Gasteiger partial charge < -0.3 is 4.90 Å². The second-order valence-corrected chi connectivity index (χ2v) is 6.32. The number of nitrogens with zero attached hydrogens (tertiary/aromatic N) is 2. The van der Waals surface area contributed by atoms with Crippen molar-refractivity contribution in [3.05, 3.63) is 60.2 Å². The van der Waals surface area contributed by atoms with Crippen LogP contribution < -0.4 is 9.80 Å². The molecule has 1 aliphatic heterocycles. The Bertz CT molecular complexity index is 784. The lowest BCUT2D eigenvalue weighted by Gasteiger charge is -2.23. The molecule has 1 aliphatic rings. The van der Waals surface area contributed by atoms with Crippen LogP contribution in [0.1, 0.15) is 43.0 Å². The van der Waals surface area contributed by atoms with E-state index < -0.39 is 0 Å². The zero-order chi connectivity index (χ0) is 18.5. The van der Waals surface area contributed by atoms with Crippen LogP contribution in [-0.4, -0.2) is 24.3 Å². The van der Waals surface area contributed by atoms with Gasteiger partial charge in [0.25, 0.3) is 5.91 Å². The first-order valence-electron chi connectivity index (χ1n) is 8.94. The molecule has 0 aliphatic carbocycles. The van der Waals surface area contributed by atoms with Crippen LogP contribution in [-0.2, 0) is 9.59 Å². The zero-order valence-corrected chi connectivity index (χ0v) is 14.9. The Kier molecular flexibility index (Phi) is 5.46. The molecule has 1 heterocycles. The Hall–Kier alpha value is -2.95. The second kappa shape index (κ2) is 7.95. The molecule has 5 heteroatoms. The topological polar surface area (TPSA) is 57.7 Å². The van der Waals surface area contributed by atoms with E-state index in [4.69, 9.17) is 0 Å². The summed E-state index contributed by atoms with van der Waals surface area (Å²) in [5.74, 6) is -0.471. The molecule has 0 aromatic heterocycles. The summed E-state index contributed by atoms with van der Waals surface area (Å²) in [6.45, 7) is 2.73. The highest BCUT2D eigenvalue weighted by Crippen LogP contribution is 2.24. The fourth-order valence-electron chi connectivity index (χ4n) is 3.05. The third-order valence-electron chi connectivity index (χ3n) is 4.47. The van der Waals surface area contributed by atoms with Crippen molar-refractivity contribution in [2.45, 2.75) is 32.6 Å². The van der Waals surface area contributed by atoms with Gasteiger partial charge in [0.1, 0.15) is 0 Å². The minimum absolute atomic E-state index is 0.0877. The first-order valence-corrected chi connectivity index (χ1v) is 8.94. The first kappa shape index (κ1) is 17.9. The molecule has 1 saturated heterocycles. The van der Waals surface area contributed by atoms with Gasteiger partial charge in [0.2, 0.25) is 11.8 Å². The predicted octanol–water partition coefficient (Wildman–Crippen LogP) is 3.79. The molecular formula is C21H22N2O3. The smallest absolute Gasteiger partial charge is 0.258 e. The van der Waals surface area contributed by atoms with E-state index in [0.717, 1.165) is 18.5 Å². The van der Waals surface area contributed by atoms with Crippen LogP contribution in [0.25, 0.3) is 0 Å². The van der Waals surface area contributed by atoms with Gasteiger partial charge in [-0.3, -0.25) is 19.3 Å². The highest BCUT2D eigenvalue weighted by molar-refractivity contribution is 6.20. The van der Waals surface area contributed by atoms with E-state index in [0.29, 0.717) is 17.8 Å². The second-order valence-electron chi connectivity index (χ2n) is 6.32. The molecule has 2 aromatic rings. The minimum Gasteiger partial charge on any atom is -0.308 e. The van der Waals surface area contributed by atoms with Crippen molar-refractivity contribution in [3.63, 3.8) is 0 Å². The predicted molar refractivity (Wildman–Crippen MR) is 101 cm³/mol. The van der Waals surface area contributed by atoms with Crippen molar-refractivity contribution in [2.24, 2.45) is 0 Å². The third kappa shape index (κ3) is 3.67. The number of hydrogen-bond acceptors (Lipinski definition) is 3. The van der Waals surface area contributed by atoms with Gasteiger partial charge in [-0.05, 0) is 42.8 Å². The molecule has 0 saturated carbocycles. The molecule has 134 valence electrons. The largest absolute Gasteiger partial charge is 0.308 e. The fraction of sp³-hybridized carbons (Fsp3) is 0.286. The van der Waals surface area contributed by atoms with Crippen LogP contribution in [0.5, 0.6) is 0 Å². The molecule has 0 bridgehead atoms. The lowest BCUT2D eigenvalue weighted by molar-refractivity contribution is -0.121. The number of carbonyl (C=O) groups is 3. The molecule has 3 amide bonds. The van der Waals surface area contributed by atoms with Crippen LogP contribution in [0.2, 0.25) is 0 Å². The van der Waals surface area contributed by atoms with Crippen molar-refractivity contribution in [3.8, 4) is 0 Å². The van der Waals surface area contributed by atoms with E-state index in [-0.39, 0.29) is 30.6 Å². The van der Waals surface area contributed by atoms with Crippen LogP contribution in [0.15, 0.2) is 54.6 Å². The molecule has 0 radical (unpaired) electrons. The molecule has 3 rings (SSSR count). The highest BCUT2D eigenvalue weighted by atomic mass is 16.2. The van der Waals surface area contributed by atoms with Crippen molar-refractivity contribution < 1.29 is 14.4 Å². The molecule has 5 nitrogen and oxygen atoms in total. The van der Waals surface area contributed by atoms with E-state index in [9.17, 15) is 14.4 Å². The van der Waals surface area contributed by atoms with E-state index >= 15 is 0 Å². The number of amides is 3. The molecule has 0 unspecified atom stereocenters. The Labute approximate surface area is 153 Å². The summed E-state index contributed by atoms with van der Waals surface area (Å²) in [5, 5.41) is 0. The van der Waals surface area contributed by atoms with E-state index in [2.05, 4.69) is 6.92 Å². The monoisotopic (exact) mass is 350 g/mol. The Balaban J connectivity index is 1.83. The maximum Gasteiger partial charge on any atom is 0.258 e. The summed E-state index contributed by atoms with van der Waals surface area (Å²) in [4.78, 5) is 39.6. The molecule has 0 spiro atoms. The molecule has 1 fully saturated rings. The summed E-state index contributed by atoms with van der Waals surface area (Å²) < 4.78 is 0. The summed E-state index contributed by atoms with van der Waals surface area (Å²) in [7, 11) is 0. The molecule has 26 heavy (non-hydrogen) atoms. The van der Waals surface area contributed by atoms with Gasteiger partial charge in [-0.2, -0.15) is 0 Å². The van der Waals surface area contributed by atoms with Crippen LogP contribution in [0.4, 0.5) is 11.4 Å². The van der Waals surface area contributed by atoms with E-state index in [1.165, 1.54) is 4.90 Å². The number of imide groups is 1. The lowest BCUT2D eigenvalue weighted by atomic mass is 10.1. The van der Waals surface area contributed by atoms with Crippen LogP contribution in [0.3, 0.4) is 0 Å². The molecule has 2 aromatic carbocycles. The van der Waals surface area contributed by atoms with Gasteiger partial charge in [-0.1, -0.05) is 31.5 Å².